The second-order valence-electron chi connectivity index (χ2n) is 5.14. The fourth-order valence-corrected chi connectivity index (χ4v) is 2.28. The zero-order valence-corrected chi connectivity index (χ0v) is 12.6. The lowest BCUT2D eigenvalue weighted by molar-refractivity contribution is 0.0975. The molecule has 0 radical (unpaired) electrons. The highest BCUT2D eigenvalue weighted by molar-refractivity contribution is 5.98. The summed E-state index contributed by atoms with van der Waals surface area (Å²) in [5.41, 5.74) is 0.360. The van der Waals surface area contributed by atoms with Crippen molar-refractivity contribution in [1.29, 1.82) is 0 Å². The Bertz CT molecular complexity index is 415. The molecule has 1 aromatic rings. The number of hydrogen-bond donors (Lipinski definition) is 0. The molecule has 112 valence electrons. The predicted molar refractivity (Wildman–Crippen MR) is 79.9 cm³/mol. The van der Waals surface area contributed by atoms with Gasteiger partial charge in [0.15, 0.2) is 5.78 Å². The molecule has 0 fully saturated rings. The third-order valence-corrected chi connectivity index (χ3v) is 3.47. The highest BCUT2D eigenvalue weighted by Gasteiger charge is 2.12. The molecule has 1 rings (SSSR count). The van der Waals surface area contributed by atoms with E-state index >= 15 is 0 Å². The summed E-state index contributed by atoms with van der Waals surface area (Å²) in [6, 6.07) is 4.08. The molecule has 1 aromatic carbocycles. The molecule has 0 bridgehead atoms. The maximum Gasteiger partial charge on any atom is 0.166 e. The van der Waals surface area contributed by atoms with Gasteiger partial charge in [-0.15, -0.1) is 0 Å². The Hall–Kier alpha value is -1.38. The van der Waals surface area contributed by atoms with Crippen molar-refractivity contribution in [1.82, 2.24) is 0 Å². The molecule has 20 heavy (non-hydrogen) atoms. The van der Waals surface area contributed by atoms with E-state index in [2.05, 4.69) is 6.92 Å². The van der Waals surface area contributed by atoms with Crippen LogP contribution in [0.15, 0.2) is 18.2 Å². The van der Waals surface area contributed by atoms with Gasteiger partial charge in [-0.3, -0.25) is 4.79 Å². The normalized spacial score (nSPS) is 10.6. The monoisotopic (exact) mass is 280 g/mol. The van der Waals surface area contributed by atoms with Crippen LogP contribution < -0.4 is 4.74 Å². The van der Waals surface area contributed by atoms with Crippen LogP contribution in [0.4, 0.5) is 4.39 Å². The molecule has 0 aliphatic rings. The van der Waals surface area contributed by atoms with Crippen molar-refractivity contribution >= 4 is 5.78 Å². The van der Waals surface area contributed by atoms with Gasteiger partial charge in [0.2, 0.25) is 0 Å². The quantitative estimate of drug-likeness (QED) is 0.437. The van der Waals surface area contributed by atoms with E-state index < -0.39 is 5.82 Å². The summed E-state index contributed by atoms with van der Waals surface area (Å²) < 4.78 is 18.3. The smallest absolute Gasteiger partial charge is 0.166 e. The summed E-state index contributed by atoms with van der Waals surface area (Å²) >= 11 is 0. The highest BCUT2D eigenvalue weighted by atomic mass is 19.1. The fourth-order valence-electron chi connectivity index (χ4n) is 2.28. The van der Waals surface area contributed by atoms with E-state index in [1.54, 1.807) is 0 Å². The number of carbonyl (C=O) groups is 1. The van der Waals surface area contributed by atoms with Crippen LogP contribution in [0.2, 0.25) is 0 Å². The first-order chi connectivity index (χ1) is 9.69. The van der Waals surface area contributed by atoms with Crippen LogP contribution in [-0.2, 0) is 0 Å². The number of hydrogen-bond acceptors (Lipinski definition) is 2. The summed E-state index contributed by atoms with van der Waals surface area (Å²) in [7, 11) is 1.50. The molecular weight excluding hydrogens is 255 g/mol. The summed E-state index contributed by atoms with van der Waals surface area (Å²) in [5.74, 6) is 0.0305. The van der Waals surface area contributed by atoms with Crippen LogP contribution in [0.5, 0.6) is 5.75 Å². The van der Waals surface area contributed by atoms with Crippen molar-refractivity contribution in [3.63, 3.8) is 0 Å². The summed E-state index contributed by atoms with van der Waals surface area (Å²) in [4.78, 5) is 12.1. The van der Waals surface area contributed by atoms with Gasteiger partial charge in [-0.2, -0.15) is 0 Å². The molecule has 3 heteroatoms. The van der Waals surface area contributed by atoms with E-state index in [1.807, 2.05) is 0 Å². The van der Waals surface area contributed by atoms with Gasteiger partial charge in [0.05, 0.1) is 12.7 Å². The predicted octanol–water partition coefficient (Wildman–Crippen LogP) is 5.16. The Morgan fingerprint density at radius 3 is 2.40 bits per heavy atom. The lowest BCUT2D eigenvalue weighted by Gasteiger charge is -2.07. The number of rotatable bonds is 10. The topological polar surface area (TPSA) is 26.3 Å². The Kier molecular flexibility index (Phi) is 7.93. The van der Waals surface area contributed by atoms with Crippen LogP contribution in [0.25, 0.3) is 0 Å². The van der Waals surface area contributed by atoms with Gasteiger partial charge in [0, 0.05) is 6.42 Å². The van der Waals surface area contributed by atoms with E-state index in [0.29, 0.717) is 17.7 Å². The third kappa shape index (κ3) is 5.72. The molecule has 0 saturated carbocycles. The number of ketones is 1. The molecule has 0 heterocycles. The molecule has 0 unspecified atom stereocenters. The van der Waals surface area contributed by atoms with Crippen LogP contribution in [0.3, 0.4) is 0 Å². The van der Waals surface area contributed by atoms with Crippen LogP contribution >= 0.6 is 0 Å². The largest absolute Gasteiger partial charge is 0.496 e. The Balaban J connectivity index is 2.34. The maximum absolute atomic E-state index is 13.2. The lowest BCUT2D eigenvalue weighted by Crippen LogP contribution is -2.03. The molecular formula is C17H25FO2. The van der Waals surface area contributed by atoms with Crippen LogP contribution in [0, 0.1) is 5.82 Å². The average Bonchev–Trinajstić information content (AvgIpc) is 2.46. The minimum atomic E-state index is -0.395. The fraction of sp³-hybridized carbons (Fsp3) is 0.588. The molecule has 0 spiro atoms. The zero-order chi connectivity index (χ0) is 14.8. The highest BCUT2D eigenvalue weighted by Crippen LogP contribution is 2.22. The third-order valence-electron chi connectivity index (χ3n) is 3.47. The number of carbonyl (C=O) groups excluding carboxylic acids is 1. The zero-order valence-electron chi connectivity index (χ0n) is 12.6. The van der Waals surface area contributed by atoms with Gasteiger partial charge in [-0.25, -0.2) is 4.39 Å². The van der Waals surface area contributed by atoms with Crippen molar-refractivity contribution in [2.24, 2.45) is 0 Å². The number of halogens is 1. The molecule has 0 atom stereocenters. The second kappa shape index (κ2) is 9.51. The minimum Gasteiger partial charge on any atom is -0.496 e. The van der Waals surface area contributed by atoms with Crippen molar-refractivity contribution in [3.05, 3.63) is 29.6 Å². The summed E-state index contributed by atoms with van der Waals surface area (Å²) in [6.07, 6.45) is 8.63. The number of benzene rings is 1. The summed E-state index contributed by atoms with van der Waals surface area (Å²) in [5, 5.41) is 0. The maximum atomic E-state index is 13.2. The van der Waals surface area contributed by atoms with Crippen molar-refractivity contribution in [2.45, 2.75) is 58.3 Å². The lowest BCUT2D eigenvalue weighted by atomic mass is 10.0. The summed E-state index contributed by atoms with van der Waals surface area (Å²) in [6.45, 7) is 2.20. The number of ether oxygens (including phenoxy) is 1. The van der Waals surface area contributed by atoms with Gasteiger partial charge in [-0.1, -0.05) is 45.4 Å². The number of Topliss-reactive ketones (excluding diaryl/α,β-unsaturated/α-hetero) is 1. The second-order valence-corrected chi connectivity index (χ2v) is 5.14. The minimum absolute atomic E-state index is 0.0325. The SMILES string of the molecule is CCCCCCCCCC(=O)c1cc(F)ccc1OC. The standard InChI is InChI=1S/C17H25FO2/c1-3-4-5-6-7-8-9-10-16(19)15-13-14(18)11-12-17(15)20-2/h11-13H,3-10H2,1-2H3. The molecule has 0 aliphatic heterocycles. The van der Waals surface area contributed by atoms with E-state index in [0.717, 1.165) is 12.8 Å². The molecule has 0 amide bonds. The average molecular weight is 280 g/mol. The van der Waals surface area contributed by atoms with Gasteiger partial charge >= 0.3 is 0 Å². The Morgan fingerprint density at radius 2 is 1.75 bits per heavy atom. The van der Waals surface area contributed by atoms with Gasteiger partial charge < -0.3 is 4.74 Å². The van der Waals surface area contributed by atoms with Gasteiger partial charge in [0.25, 0.3) is 0 Å². The number of unbranched alkanes of at least 4 members (excludes halogenated alkanes) is 6. The first-order valence-electron chi connectivity index (χ1n) is 7.55. The van der Waals surface area contributed by atoms with Crippen molar-refractivity contribution < 1.29 is 13.9 Å². The molecule has 0 aromatic heterocycles. The number of methoxy groups -OCH3 is 1. The van der Waals surface area contributed by atoms with Gasteiger partial charge in [-0.05, 0) is 24.6 Å². The van der Waals surface area contributed by atoms with Crippen LogP contribution in [-0.4, -0.2) is 12.9 Å². The van der Waals surface area contributed by atoms with E-state index in [4.69, 9.17) is 4.74 Å². The molecule has 0 N–H and O–H groups in total. The molecule has 0 aliphatic carbocycles. The Labute approximate surface area is 121 Å². The van der Waals surface area contributed by atoms with E-state index in [-0.39, 0.29) is 5.78 Å². The van der Waals surface area contributed by atoms with Crippen molar-refractivity contribution in [2.75, 3.05) is 7.11 Å². The van der Waals surface area contributed by atoms with Gasteiger partial charge in [0.1, 0.15) is 11.6 Å². The molecule has 2 nitrogen and oxygen atoms in total. The van der Waals surface area contributed by atoms with Crippen molar-refractivity contribution in [3.8, 4) is 5.75 Å². The van der Waals surface area contributed by atoms with E-state index in [9.17, 15) is 9.18 Å². The first kappa shape index (κ1) is 16.7. The molecule has 0 saturated heterocycles. The first-order valence-corrected chi connectivity index (χ1v) is 7.55. The Morgan fingerprint density at radius 1 is 1.10 bits per heavy atom. The van der Waals surface area contributed by atoms with Crippen LogP contribution in [0.1, 0.15) is 68.6 Å². The van der Waals surface area contributed by atoms with E-state index in [1.165, 1.54) is 57.4 Å².